The lowest BCUT2D eigenvalue weighted by molar-refractivity contribution is -0.125. The number of fused-ring (bicyclic) bond motifs is 1. The van der Waals surface area contributed by atoms with Gasteiger partial charge in [0.1, 0.15) is 12.4 Å². The first-order chi connectivity index (χ1) is 15.1. The van der Waals surface area contributed by atoms with E-state index in [1.54, 1.807) is 23.1 Å². The monoisotopic (exact) mass is 443 g/mol. The van der Waals surface area contributed by atoms with Crippen molar-refractivity contribution >= 4 is 29.1 Å². The van der Waals surface area contributed by atoms with Crippen LogP contribution in [0, 0.1) is 0 Å². The molecule has 0 aliphatic carbocycles. The second kappa shape index (κ2) is 11.7. The normalized spacial score (nSPS) is 12.9. The van der Waals surface area contributed by atoms with Gasteiger partial charge in [0, 0.05) is 37.5 Å². The minimum Gasteiger partial charge on any atom is -0.490 e. The van der Waals surface area contributed by atoms with E-state index in [0.717, 1.165) is 26.1 Å². The van der Waals surface area contributed by atoms with E-state index in [-0.39, 0.29) is 24.7 Å². The second-order valence-electron chi connectivity index (χ2n) is 7.56. The predicted octanol–water partition coefficient (Wildman–Crippen LogP) is 3.87. The number of hydrogen-bond acceptors (Lipinski definition) is 4. The van der Waals surface area contributed by atoms with Crippen molar-refractivity contribution < 1.29 is 14.3 Å². The molecule has 2 amide bonds. The molecule has 0 spiro atoms. The molecule has 0 atom stereocenters. The van der Waals surface area contributed by atoms with E-state index in [0.29, 0.717) is 36.2 Å². The quantitative estimate of drug-likeness (QED) is 0.566. The first-order valence-corrected chi connectivity index (χ1v) is 11.2. The summed E-state index contributed by atoms with van der Waals surface area (Å²) in [6.07, 6.45) is 1.20. The highest BCUT2D eigenvalue weighted by molar-refractivity contribution is 6.31. The first kappa shape index (κ1) is 23.1. The Bertz CT molecular complexity index is 876. The number of halogens is 1. The van der Waals surface area contributed by atoms with Crippen LogP contribution in [-0.4, -0.2) is 49.5 Å². The summed E-state index contributed by atoms with van der Waals surface area (Å²) in [5.74, 6) is 0.449. The Morgan fingerprint density at radius 1 is 1.16 bits per heavy atom. The summed E-state index contributed by atoms with van der Waals surface area (Å²) in [5, 5.41) is 3.48. The number of amides is 2. The zero-order chi connectivity index (χ0) is 22.1. The molecule has 0 saturated heterocycles. The maximum absolute atomic E-state index is 12.6. The van der Waals surface area contributed by atoms with Crippen molar-refractivity contribution in [1.29, 1.82) is 0 Å². The molecule has 1 aliphatic rings. The van der Waals surface area contributed by atoms with E-state index >= 15 is 0 Å². The van der Waals surface area contributed by atoms with Crippen molar-refractivity contribution in [3.8, 4) is 5.75 Å². The third-order valence-corrected chi connectivity index (χ3v) is 5.56. The average molecular weight is 444 g/mol. The van der Waals surface area contributed by atoms with Gasteiger partial charge in [-0.05, 0) is 36.7 Å². The Morgan fingerprint density at radius 3 is 2.74 bits per heavy atom. The molecule has 2 aromatic carbocycles. The van der Waals surface area contributed by atoms with Crippen molar-refractivity contribution in [1.82, 2.24) is 10.2 Å². The predicted molar refractivity (Wildman–Crippen MR) is 124 cm³/mol. The topological polar surface area (TPSA) is 61.9 Å². The number of ether oxygens (including phenoxy) is 1. The SMILES string of the molecule is CCN(CCCNC(=O)CCC(=O)N1CCOc2ccc(Cl)cc21)Cc1ccccc1. The standard InChI is InChI=1S/C24H30ClN3O3/c1-2-27(18-19-7-4-3-5-8-19)14-6-13-26-23(29)11-12-24(30)28-15-16-31-22-10-9-20(25)17-21(22)28/h3-5,7-10,17H,2,6,11-16,18H2,1H3,(H,26,29). The molecule has 7 heteroatoms. The van der Waals surface area contributed by atoms with Gasteiger partial charge in [-0.25, -0.2) is 0 Å². The summed E-state index contributed by atoms with van der Waals surface area (Å²) in [5.41, 5.74) is 1.96. The van der Waals surface area contributed by atoms with Gasteiger partial charge in [-0.1, -0.05) is 48.9 Å². The van der Waals surface area contributed by atoms with Gasteiger partial charge >= 0.3 is 0 Å². The molecule has 3 rings (SSSR count). The van der Waals surface area contributed by atoms with Gasteiger partial charge in [0.15, 0.2) is 0 Å². The Kier molecular flexibility index (Phi) is 8.74. The van der Waals surface area contributed by atoms with Gasteiger partial charge in [-0.2, -0.15) is 0 Å². The number of nitrogens with zero attached hydrogens (tertiary/aromatic N) is 2. The van der Waals surface area contributed by atoms with Crippen LogP contribution in [0.1, 0.15) is 31.7 Å². The number of carbonyl (C=O) groups is 2. The van der Waals surface area contributed by atoms with Crippen molar-refractivity contribution in [2.24, 2.45) is 0 Å². The maximum Gasteiger partial charge on any atom is 0.227 e. The Balaban J connectivity index is 1.37. The summed E-state index contributed by atoms with van der Waals surface area (Å²) in [6.45, 7) is 6.42. The molecule has 31 heavy (non-hydrogen) atoms. The lowest BCUT2D eigenvalue weighted by Crippen LogP contribution is -2.38. The van der Waals surface area contributed by atoms with Gasteiger partial charge in [0.05, 0.1) is 12.2 Å². The number of rotatable bonds is 10. The fourth-order valence-electron chi connectivity index (χ4n) is 3.61. The molecule has 1 heterocycles. The summed E-state index contributed by atoms with van der Waals surface area (Å²) < 4.78 is 5.58. The summed E-state index contributed by atoms with van der Waals surface area (Å²) >= 11 is 6.06. The number of benzene rings is 2. The second-order valence-corrected chi connectivity index (χ2v) is 8.00. The number of carbonyl (C=O) groups excluding carboxylic acids is 2. The summed E-state index contributed by atoms with van der Waals surface area (Å²) in [4.78, 5) is 28.8. The molecule has 1 N–H and O–H groups in total. The first-order valence-electron chi connectivity index (χ1n) is 10.8. The fraction of sp³-hybridized carbons (Fsp3) is 0.417. The van der Waals surface area contributed by atoms with Crippen LogP contribution >= 0.6 is 11.6 Å². The third-order valence-electron chi connectivity index (χ3n) is 5.32. The molecule has 1 aliphatic heterocycles. The van der Waals surface area contributed by atoms with Gasteiger partial charge in [-0.15, -0.1) is 0 Å². The fourth-order valence-corrected chi connectivity index (χ4v) is 3.78. The molecule has 2 aromatic rings. The van der Waals surface area contributed by atoms with Crippen LogP contribution in [-0.2, 0) is 16.1 Å². The molecule has 6 nitrogen and oxygen atoms in total. The molecule has 0 saturated carbocycles. The number of anilines is 1. The summed E-state index contributed by atoms with van der Waals surface area (Å²) in [6, 6.07) is 15.6. The highest BCUT2D eigenvalue weighted by atomic mass is 35.5. The number of hydrogen-bond donors (Lipinski definition) is 1. The third kappa shape index (κ3) is 6.97. The van der Waals surface area contributed by atoms with Crippen molar-refractivity contribution in [3.05, 3.63) is 59.1 Å². The van der Waals surface area contributed by atoms with Crippen LogP contribution in [0.15, 0.2) is 48.5 Å². The zero-order valence-corrected chi connectivity index (χ0v) is 18.7. The van der Waals surface area contributed by atoms with Crippen LogP contribution in [0.5, 0.6) is 5.75 Å². The summed E-state index contributed by atoms with van der Waals surface area (Å²) in [7, 11) is 0. The highest BCUT2D eigenvalue weighted by Crippen LogP contribution is 2.34. The van der Waals surface area contributed by atoms with E-state index < -0.39 is 0 Å². The van der Waals surface area contributed by atoms with Crippen LogP contribution in [0.25, 0.3) is 0 Å². The van der Waals surface area contributed by atoms with Crippen molar-refractivity contribution in [3.63, 3.8) is 0 Å². The molecule has 0 unspecified atom stereocenters. The van der Waals surface area contributed by atoms with E-state index in [4.69, 9.17) is 16.3 Å². The maximum atomic E-state index is 12.6. The Hall–Kier alpha value is -2.57. The molecular formula is C24H30ClN3O3. The molecule has 0 radical (unpaired) electrons. The van der Waals surface area contributed by atoms with Crippen LogP contribution < -0.4 is 15.0 Å². The minimum absolute atomic E-state index is 0.0954. The van der Waals surface area contributed by atoms with Crippen molar-refractivity contribution in [2.45, 2.75) is 32.7 Å². The van der Waals surface area contributed by atoms with Gasteiger partial charge < -0.3 is 15.0 Å². The molecular weight excluding hydrogens is 414 g/mol. The van der Waals surface area contributed by atoms with Crippen LogP contribution in [0.4, 0.5) is 5.69 Å². The lowest BCUT2D eigenvalue weighted by Gasteiger charge is -2.29. The highest BCUT2D eigenvalue weighted by Gasteiger charge is 2.24. The minimum atomic E-state index is -0.0981. The zero-order valence-electron chi connectivity index (χ0n) is 18.0. The average Bonchev–Trinajstić information content (AvgIpc) is 2.79. The largest absolute Gasteiger partial charge is 0.490 e. The smallest absolute Gasteiger partial charge is 0.227 e. The van der Waals surface area contributed by atoms with Gasteiger partial charge in [0.25, 0.3) is 0 Å². The van der Waals surface area contributed by atoms with Crippen LogP contribution in [0.2, 0.25) is 5.02 Å². The molecule has 0 bridgehead atoms. The van der Waals surface area contributed by atoms with E-state index in [1.807, 2.05) is 6.07 Å². The van der Waals surface area contributed by atoms with Gasteiger partial charge in [0.2, 0.25) is 11.8 Å². The lowest BCUT2D eigenvalue weighted by atomic mass is 10.2. The van der Waals surface area contributed by atoms with E-state index in [9.17, 15) is 9.59 Å². The van der Waals surface area contributed by atoms with E-state index in [1.165, 1.54) is 5.56 Å². The molecule has 0 aromatic heterocycles. The van der Waals surface area contributed by atoms with E-state index in [2.05, 4.69) is 41.4 Å². The molecule has 0 fully saturated rings. The molecule has 166 valence electrons. The van der Waals surface area contributed by atoms with Crippen molar-refractivity contribution in [2.75, 3.05) is 37.7 Å². The Labute approximate surface area is 189 Å². The van der Waals surface area contributed by atoms with Gasteiger partial charge in [-0.3, -0.25) is 14.5 Å². The number of nitrogens with one attached hydrogen (secondary N) is 1. The van der Waals surface area contributed by atoms with Crippen LogP contribution in [0.3, 0.4) is 0 Å². The Morgan fingerprint density at radius 2 is 1.97 bits per heavy atom.